The minimum Gasteiger partial charge on any atom is -0.482 e. The fraction of sp³-hybridized carbons (Fsp3) is 0.241. The highest BCUT2D eigenvalue weighted by atomic mass is 19.4. The molecule has 4 aromatic rings. The number of carboxylic acid groups (broad SMARTS) is 1. The van der Waals surface area contributed by atoms with Crippen molar-refractivity contribution < 1.29 is 50.9 Å². The van der Waals surface area contributed by atoms with Gasteiger partial charge in [0.05, 0.1) is 23.1 Å². The largest absolute Gasteiger partial charge is 0.586 e. The summed E-state index contributed by atoms with van der Waals surface area (Å²) in [5.74, 6) is -2.26. The number of anilines is 1. The predicted molar refractivity (Wildman–Crippen MR) is 141 cm³/mol. The summed E-state index contributed by atoms with van der Waals surface area (Å²) in [6.07, 6.45) is -6.46. The summed E-state index contributed by atoms with van der Waals surface area (Å²) in [6, 6.07) is 10.8. The molecule has 2 aromatic heterocycles. The zero-order chi connectivity index (χ0) is 31.4. The maximum atomic E-state index is 14.1. The lowest BCUT2D eigenvalue weighted by atomic mass is 9.92. The van der Waals surface area contributed by atoms with E-state index in [4.69, 9.17) is 4.74 Å². The van der Waals surface area contributed by atoms with Crippen molar-refractivity contribution in [1.29, 1.82) is 0 Å². The zero-order valence-electron chi connectivity index (χ0n) is 22.6. The molecule has 2 aliphatic rings. The molecule has 0 saturated heterocycles. The van der Waals surface area contributed by atoms with Gasteiger partial charge in [-0.05, 0) is 55.7 Å². The van der Waals surface area contributed by atoms with E-state index in [0.29, 0.717) is 12.8 Å². The van der Waals surface area contributed by atoms with Crippen LogP contribution in [-0.2, 0) is 12.6 Å². The summed E-state index contributed by atoms with van der Waals surface area (Å²) in [6.45, 7) is 0. The first-order chi connectivity index (χ1) is 20.8. The predicted octanol–water partition coefficient (Wildman–Crippen LogP) is 6.04. The van der Waals surface area contributed by atoms with Gasteiger partial charge in [-0.1, -0.05) is 6.07 Å². The first kappa shape index (κ1) is 28.9. The minimum absolute atomic E-state index is 0.0519. The fourth-order valence-electron chi connectivity index (χ4n) is 5.17. The number of halogens is 5. The number of hydrogen-bond donors (Lipinski definition) is 1. The van der Waals surface area contributed by atoms with Crippen LogP contribution in [0.2, 0.25) is 0 Å². The van der Waals surface area contributed by atoms with Crippen molar-refractivity contribution in [2.75, 3.05) is 11.9 Å². The fourth-order valence-corrected chi connectivity index (χ4v) is 5.17. The lowest BCUT2D eigenvalue weighted by Crippen LogP contribution is -2.26. The molecule has 1 aliphatic carbocycles. The Labute approximate surface area is 245 Å². The average molecular weight is 616 g/mol. The normalized spacial score (nSPS) is 16.7. The molecule has 10 nitrogen and oxygen atoms in total. The van der Waals surface area contributed by atoms with Gasteiger partial charge in [0.15, 0.2) is 17.2 Å². The van der Waals surface area contributed by atoms with E-state index in [1.165, 1.54) is 61.8 Å². The Morgan fingerprint density at radius 1 is 1.07 bits per heavy atom. The molecule has 0 radical (unpaired) electrons. The molecule has 44 heavy (non-hydrogen) atoms. The minimum atomic E-state index is -4.79. The van der Waals surface area contributed by atoms with Crippen molar-refractivity contribution in [2.24, 2.45) is 0 Å². The number of carboxylic acids is 1. The van der Waals surface area contributed by atoms with Crippen LogP contribution in [0.15, 0.2) is 60.9 Å². The highest BCUT2D eigenvalue weighted by Crippen LogP contribution is 2.44. The summed E-state index contributed by atoms with van der Waals surface area (Å²) >= 11 is 0. The lowest BCUT2D eigenvalue weighted by Gasteiger charge is -2.26. The van der Waals surface area contributed by atoms with Crippen LogP contribution < -0.4 is 19.1 Å². The third-order valence-electron chi connectivity index (χ3n) is 7.14. The maximum absolute atomic E-state index is 14.1. The smallest absolute Gasteiger partial charge is 0.482 e. The number of benzene rings is 2. The number of aromatic carboxylic acids is 1. The average Bonchev–Trinajstić information content (AvgIpc) is 3.53. The molecule has 1 unspecified atom stereocenters. The molecule has 1 aliphatic heterocycles. The standard InChI is InChI=1S/C29H21F5N4O6/c1-37(17-8-9-21-23(12-17)44-29(33,34)43-21)26(39)15-4-2-5-18(10-15)38-24-20(25(36-38)28(30,31)32)6-3-7-22(24)42-19-11-16(27(40)41)13-35-14-19/h2,4-5,8-14,22H,3,6-7H2,1H3,(H,40,41). The van der Waals surface area contributed by atoms with Crippen molar-refractivity contribution in [3.05, 3.63) is 89.0 Å². The van der Waals surface area contributed by atoms with E-state index in [2.05, 4.69) is 19.6 Å². The van der Waals surface area contributed by atoms with Crippen LogP contribution in [0.4, 0.5) is 27.6 Å². The molecule has 0 spiro atoms. The molecular weight excluding hydrogens is 595 g/mol. The van der Waals surface area contributed by atoms with Gasteiger partial charge in [-0.2, -0.15) is 18.3 Å². The van der Waals surface area contributed by atoms with Crippen molar-refractivity contribution in [3.8, 4) is 22.9 Å². The van der Waals surface area contributed by atoms with Crippen LogP contribution in [0.25, 0.3) is 5.69 Å². The van der Waals surface area contributed by atoms with E-state index < -0.39 is 36.1 Å². The monoisotopic (exact) mass is 616 g/mol. The van der Waals surface area contributed by atoms with Crippen LogP contribution in [0.5, 0.6) is 17.2 Å². The second-order valence-corrected chi connectivity index (χ2v) is 10.0. The number of aromatic nitrogens is 3. The quantitative estimate of drug-likeness (QED) is 0.261. The SMILES string of the molecule is CN(C(=O)c1cccc(-n2nc(C(F)(F)F)c3c2C(Oc2cncc(C(=O)O)c2)CCC3)c1)c1ccc2c(c1)OC(F)(F)O2. The third-order valence-corrected chi connectivity index (χ3v) is 7.14. The summed E-state index contributed by atoms with van der Waals surface area (Å²) in [5.41, 5.74) is -0.812. The van der Waals surface area contributed by atoms with Crippen molar-refractivity contribution in [1.82, 2.24) is 14.8 Å². The molecule has 0 fully saturated rings. The van der Waals surface area contributed by atoms with Gasteiger partial charge in [0.25, 0.3) is 5.91 Å². The summed E-state index contributed by atoms with van der Waals surface area (Å²) < 4.78 is 85.2. The number of hydrogen-bond acceptors (Lipinski definition) is 7. The molecular formula is C29H21F5N4O6. The number of pyridine rings is 1. The highest BCUT2D eigenvalue weighted by Gasteiger charge is 2.44. The molecule has 2 aromatic carbocycles. The Hall–Kier alpha value is -5.21. The van der Waals surface area contributed by atoms with Crippen LogP contribution >= 0.6 is 0 Å². The number of carbonyl (C=O) groups excluding carboxylic acids is 1. The van der Waals surface area contributed by atoms with Crippen LogP contribution in [0, 0.1) is 0 Å². The molecule has 1 N–H and O–H groups in total. The highest BCUT2D eigenvalue weighted by molar-refractivity contribution is 6.06. The van der Waals surface area contributed by atoms with Crippen LogP contribution in [0.3, 0.4) is 0 Å². The number of rotatable bonds is 6. The number of fused-ring (bicyclic) bond motifs is 2. The Kier molecular flexibility index (Phi) is 6.89. The zero-order valence-corrected chi connectivity index (χ0v) is 22.6. The van der Waals surface area contributed by atoms with Crippen molar-refractivity contribution >= 4 is 17.6 Å². The number of amides is 1. The van der Waals surface area contributed by atoms with E-state index in [-0.39, 0.29) is 57.4 Å². The Morgan fingerprint density at radius 3 is 2.59 bits per heavy atom. The first-order valence-electron chi connectivity index (χ1n) is 13.1. The Bertz CT molecular complexity index is 1790. The van der Waals surface area contributed by atoms with E-state index in [0.717, 1.165) is 15.8 Å². The third kappa shape index (κ3) is 5.36. The van der Waals surface area contributed by atoms with Gasteiger partial charge in [-0.15, -0.1) is 8.78 Å². The Morgan fingerprint density at radius 2 is 1.84 bits per heavy atom. The molecule has 228 valence electrons. The molecule has 1 atom stereocenters. The number of ether oxygens (including phenoxy) is 3. The van der Waals surface area contributed by atoms with Gasteiger partial charge in [-0.25, -0.2) is 9.48 Å². The maximum Gasteiger partial charge on any atom is 0.586 e. The topological polar surface area (TPSA) is 116 Å². The molecule has 15 heteroatoms. The molecule has 0 saturated carbocycles. The number of carbonyl (C=O) groups is 2. The van der Waals surface area contributed by atoms with Gasteiger partial charge in [0.1, 0.15) is 11.9 Å². The van der Waals surface area contributed by atoms with E-state index in [1.807, 2.05) is 0 Å². The second-order valence-electron chi connectivity index (χ2n) is 10.0. The summed E-state index contributed by atoms with van der Waals surface area (Å²) in [5, 5.41) is 13.2. The van der Waals surface area contributed by atoms with Gasteiger partial charge in [0, 0.05) is 36.1 Å². The van der Waals surface area contributed by atoms with E-state index >= 15 is 0 Å². The Balaban J connectivity index is 1.36. The second kappa shape index (κ2) is 10.5. The first-order valence-corrected chi connectivity index (χ1v) is 13.1. The van der Waals surface area contributed by atoms with Crippen molar-refractivity contribution in [3.63, 3.8) is 0 Å². The van der Waals surface area contributed by atoms with Gasteiger partial charge < -0.3 is 24.2 Å². The molecule has 6 rings (SSSR count). The summed E-state index contributed by atoms with van der Waals surface area (Å²) in [4.78, 5) is 29.8. The van der Waals surface area contributed by atoms with Crippen molar-refractivity contribution in [2.45, 2.75) is 37.8 Å². The van der Waals surface area contributed by atoms with Gasteiger partial charge >= 0.3 is 18.4 Å². The lowest BCUT2D eigenvalue weighted by molar-refractivity contribution is -0.286. The van der Waals surface area contributed by atoms with Gasteiger partial charge in [-0.3, -0.25) is 9.78 Å². The van der Waals surface area contributed by atoms with Crippen LogP contribution in [0.1, 0.15) is 56.6 Å². The number of nitrogens with zero attached hydrogens (tertiary/aromatic N) is 4. The molecule has 0 bridgehead atoms. The molecule has 1 amide bonds. The molecule has 3 heterocycles. The van der Waals surface area contributed by atoms with Gasteiger partial charge in [0.2, 0.25) is 0 Å². The summed E-state index contributed by atoms with van der Waals surface area (Å²) in [7, 11) is 1.39. The van der Waals surface area contributed by atoms with Crippen LogP contribution in [-0.4, -0.2) is 45.1 Å². The van der Waals surface area contributed by atoms with E-state index in [1.54, 1.807) is 0 Å². The van der Waals surface area contributed by atoms with E-state index in [9.17, 15) is 36.6 Å². The number of alkyl halides is 5.